The molecule has 2 aromatic carbocycles. The summed E-state index contributed by atoms with van der Waals surface area (Å²) in [7, 11) is 1.49. The van der Waals surface area contributed by atoms with Crippen LogP contribution in [0.1, 0.15) is 31.9 Å². The van der Waals surface area contributed by atoms with Crippen molar-refractivity contribution in [3.05, 3.63) is 65.2 Å². The van der Waals surface area contributed by atoms with E-state index in [0.717, 1.165) is 11.1 Å². The summed E-state index contributed by atoms with van der Waals surface area (Å²) in [5, 5.41) is 2.68. The maximum Gasteiger partial charge on any atom is 0.308 e. The number of nitrogens with one attached hydrogen (secondary N) is 1. The van der Waals surface area contributed by atoms with Gasteiger partial charge in [0.25, 0.3) is 5.91 Å². The van der Waals surface area contributed by atoms with Crippen LogP contribution in [0.25, 0.3) is 11.1 Å². The number of amides is 1. The predicted octanol–water partition coefficient (Wildman–Crippen LogP) is 4.32. The lowest BCUT2D eigenvalue weighted by molar-refractivity contribution is -0.132. The van der Waals surface area contributed by atoms with Crippen molar-refractivity contribution >= 4 is 28.7 Å². The molecule has 0 saturated carbocycles. The van der Waals surface area contributed by atoms with Gasteiger partial charge in [-0.1, -0.05) is 6.07 Å². The maximum atomic E-state index is 13.5. The third kappa shape index (κ3) is 3.32. The molecule has 2 aliphatic rings. The van der Waals surface area contributed by atoms with E-state index in [0.29, 0.717) is 34.1 Å². The molecule has 30 heavy (non-hydrogen) atoms. The van der Waals surface area contributed by atoms with Gasteiger partial charge in [-0.15, -0.1) is 0 Å². The number of hydrogen-bond donors (Lipinski definition) is 1. The second-order valence-electron chi connectivity index (χ2n) is 7.51. The van der Waals surface area contributed by atoms with Crippen molar-refractivity contribution in [2.75, 3.05) is 12.4 Å². The van der Waals surface area contributed by atoms with E-state index in [9.17, 15) is 14.0 Å². The third-order valence-corrected chi connectivity index (χ3v) is 4.99. The molecule has 1 amide bonds. The van der Waals surface area contributed by atoms with Gasteiger partial charge in [-0.2, -0.15) is 0 Å². The minimum absolute atomic E-state index is 0.316. The number of halogens is 1. The van der Waals surface area contributed by atoms with E-state index in [2.05, 4.69) is 5.32 Å². The molecule has 2 heterocycles. The number of esters is 1. The number of methoxy groups -OCH3 is 1. The number of hydrogen-bond acceptors (Lipinski definition) is 5. The summed E-state index contributed by atoms with van der Waals surface area (Å²) < 4.78 is 30.2. The number of ether oxygens (including phenoxy) is 3. The zero-order chi connectivity index (χ0) is 21.6. The van der Waals surface area contributed by atoms with Gasteiger partial charge in [-0.05, 0) is 55.8 Å². The number of allylic oxidation sites excluding steroid dienone is 1. The van der Waals surface area contributed by atoms with E-state index >= 15 is 0 Å². The second kappa shape index (κ2) is 7.02. The molecular weight excluding hydrogens is 389 g/mol. The first-order valence-electron chi connectivity index (χ1n) is 9.33. The Morgan fingerprint density at radius 2 is 1.90 bits per heavy atom. The van der Waals surface area contributed by atoms with Gasteiger partial charge in [0.2, 0.25) is 0 Å². The van der Waals surface area contributed by atoms with Crippen LogP contribution in [0.2, 0.25) is 0 Å². The molecule has 7 heteroatoms. The van der Waals surface area contributed by atoms with Crippen LogP contribution in [-0.4, -0.2) is 24.6 Å². The van der Waals surface area contributed by atoms with E-state index < -0.39 is 17.4 Å². The number of benzene rings is 2. The number of fused-ring (bicyclic) bond motifs is 1. The molecule has 0 aliphatic carbocycles. The quantitative estimate of drug-likeness (QED) is 0.464. The molecule has 0 fully saturated rings. The molecule has 0 spiro atoms. The SMILES string of the molecule is COc1cc(C2=CC(=C3C(=O)Nc4cc(F)ccc43)OC2(C)C)ccc1OC(C)=O. The molecule has 4 rings (SSSR count). The molecule has 0 bridgehead atoms. The Kier molecular flexibility index (Phi) is 4.61. The molecule has 6 nitrogen and oxygen atoms in total. The average molecular weight is 409 g/mol. The van der Waals surface area contributed by atoms with Gasteiger partial charge in [-0.25, -0.2) is 4.39 Å². The van der Waals surface area contributed by atoms with Crippen LogP contribution in [0.5, 0.6) is 11.5 Å². The smallest absolute Gasteiger partial charge is 0.308 e. The number of anilines is 1. The Hall–Kier alpha value is -3.61. The van der Waals surface area contributed by atoms with Gasteiger partial charge in [0.05, 0.1) is 18.4 Å². The highest BCUT2D eigenvalue weighted by molar-refractivity contribution is 6.32. The van der Waals surface area contributed by atoms with Crippen LogP contribution < -0.4 is 14.8 Å². The zero-order valence-electron chi connectivity index (χ0n) is 17.0. The van der Waals surface area contributed by atoms with E-state index in [4.69, 9.17) is 14.2 Å². The first-order valence-corrected chi connectivity index (χ1v) is 9.33. The maximum absolute atomic E-state index is 13.5. The molecule has 2 aliphatic heterocycles. The van der Waals surface area contributed by atoms with Crippen molar-refractivity contribution in [3.63, 3.8) is 0 Å². The van der Waals surface area contributed by atoms with Crippen molar-refractivity contribution < 1.29 is 28.2 Å². The van der Waals surface area contributed by atoms with Gasteiger partial charge in [0.15, 0.2) is 11.5 Å². The summed E-state index contributed by atoms with van der Waals surface area (Å²) in [5.41, 5.74) is 2.24. The van der Waals surface area contributed by atoms with Crippen LogP contribution in [0.3, 0.4) is 0 Å². The predicted molar refractivity (Wildman–Crippen MR) is 109 cm³/mol. The van der Waals surface area contributed by atoms with Gasteiger partial charge >= 0.3 is 5.97 Å². The Morgan fingerprint density at radius 3 is 2.60 bits per heavy atom. The molecule has 0 atom stereocenters. The standard InChI is InChI=1S/C23H20FNO5/c1-12(26)29-18-8-5-13(9-19(18)28-4)16-11-20(30-23(16,2)3)21-15-7-6-14(24)10-17(15)25-22(21)27/h5-11H,1-4H3,(H,25,27). The van der Waals surface area contributed by atoms with Crippen LogP contribution in [0.4, 0.5) is 10.1 Å². The fourth-order valence-corrected chi connectivity index (χ4v) is 3.68. The van der Waals surface area contributed by atoms with Crippen LogP contribution in [-0.2, 0) is 14.3 Å². The van der Waals surface area contributed by atoms with E-state index in [1.807, 2.05) is 13.8 Å². The fourth-order valence-electron chi connectivity index (χ4n) is 3.68. The fraction of sp³-hybridized carbons (Fsp3) is 0.217. The molecule has 0 unspecified atom stereocenters. The van der Waals surface area contributed by atoms with E-state index in [1.54, 1.807) is 30.3 Å². The Bertz CT molecular complexity index is 1150. The lowest BCUT2D eigenvalue weighted by Crippen LogP contribution is -2.21. The normalized spacial score (nSPS) is 19.0. The minimum atomic E-state index is -0.737. The summed E-state index contributed by atoms with van der Waals surface area (Å²) in [4.78, 5) is 23.9. The minimum Gasteiger partial charge on any atom is -0.493 e. The van der Waals surface area contributed by atoms with Gasteiger partial charge in [0, 0.05) is 18.1 Å². The first kappa shape index (κ1) is 19.7. The van der Waals surface area contributed by atoms with Crippen LogP contribution in [0, 0.1) is 5.82 Å². The molecule has 0 saturated heterocycles. The van der Waals surface area contributed by atoms with E-state index in [1.165, 1.54) is 26.2 Å². The summed E-state index contributed by atoms with van der Waals surface area (Å²) >= 11 is 0. The summed E-state index contributed by atoms with van der Waals surface area (Å²) in [5.74, 6) is -0.0957. The second-order valence-corrected chi connectivity index (χ2v) is 7.51. The van der Waals surface area contributed by atoms with Gasteiger partial charge in [0.1, 0.15) is 17.2 Å². The molecule has 0 radical (unpaired) electrons. The summed E-state index contributed by atoms with van der Waals surface area (Å²) in [6.07, 6.45) is 1.80. The summed E-state index contributed by atoms with van der Waals surface area (Å²) in [6, 6.07) is 9.35. The van der Waals surface area contributed by atoms with Crippen molar-refractivity contribution in [2.24, 2.45) is 0 Å². The Labute approximate surface area is 172 Å². The van der Waals surface area contributed by atoms with Crippen molar-refractivity contribution in [1.82, 2.24) is 0 Å². The number of carbonyl (C=O) groups is 2. The first-order chi connectivity index (χ1) is 14.2. The third-order valence-electron chi connectivity index (χ3n) is 4.99. The van der Waals surface area contributed by atoms with Crippen molar-refractivity contribution in [2.45, 2.75) is 26.4 Å². The molecular formula is C23H20FNO5. The Morgan fingerprint density at radius 1 is 1.13 bits per heavy atom. The van der Waals surface area contributed by atoms with Gasteiger partial charge < -0.3 is 19.5 Å². The summed E-state index contributed by atoms with van der Waals surface area (Å²) in [6.45, 7) is 5.09. The van der Waals surface area contributed by atoms with Gasteiger partial charge in [-0.3, -0.25) is 9.59 Å². The topological polar surface area (TPSA) is 73.9 Å². The average Bonchev–Trinajstić information content (AvgIpc) is 3.15. The van der Waals surface area contributed by atoms with Crippen LogP contribution >= 0.6 is 0 Å². The molecule has 1 N–H and O–H groups in total. The zero-order valence-corrected chi connectivity index (χ0v) is 17.0. The highest BCUT2D eigenvalue weighted by Crippen LogP contribution is 2.45. The van der Waals surface area contributed by atoms with E-state index in [-0.39, 0.29) is 5.91 Å². The molecule has 0 aromatic heterocycles. The lowest BCUT2D eigenvalue weighted by atomic mass is 9.92. The number of carbonyl (C=O) groups excluding carboxylic acids is 2. The lowest BCUT2D eigenvalue weighted by Gasteiger charge is -2.24. The number of rotatable bonds is 3. The highest BCUT2D eigenvalue weighted by atomic mass is 19.1. The van der Waals surface area contributed by atoms with Crippen molar-refractivity contribution in [3.8, 4) is 11.5 Å². The van der Waals surface area contributed by atoms with Crippen LogP contribution in [0.15, 0.2) is 48.2 Å². The molecule has 154 valence electrons. The Balaban J connectivity index is 1.81. The monoisotopic (exact) mass is 409 g/mol. The largest absolute Gasteiger partial charge is 0.493 e. The highest BCUT2D eigenvalue weighted by Gasteiger charge is 2.38. The molecule has 2 aromatic rings. The van der Waals surface area contributed by atoms with Crippen molar-refractivity contribution in [1.29, 1.82) is 0 Å².